The van der Waals surface area contributed by atoms with Gasteiger partial charge in [0.15, 0.2) is 0 Å². The molecule has 1 aliphatic rings. The number of nitrogens with one attached hydrogen (secondary N) is 1. The Hall–Kier alpha value is -2.34. The fraction of sp³-hybridized carbons (Fsp3) is 0.316. The molecule has 0 bridgehead atoms. The van der Waals surface area contributed by atoms with E-state index in [1.807, 2.05) is 31.2 Å². The molecule has 2 amide bonds. The highest BCUT2D eigenvalue weighted by molar-refractivity contribution is 7.90. The van der Waals surface area contributed by atoms with E-state index in [4.69, 9.17) is 0 Å². The molecule has 0 unspecified atom stereocenters. The van der Waals surface area contributed by atoms with Gasteiger partial charge in [0.1, 0.15) is 4.90 Å². The molecule has 5 nitrogen and oxygen atoms in total. The number of hydrogen-bond donors (Lipinski definition) is 1. The van der Waals surface area contributed by atoms with Crippen molar-refractivity contribution < 1.29 is 13.2 Å². The SMILES string of the molecule is Cc1ccc2c(c1)NC(=O)N(Cc1ccc(CC(C)C)cc1)S2(=O)=O. The van der Waals surface area contributed by atoms with Crippen LogP contribution in [0, 0.1) is 12.8 Å². The van der Waals surface area contributed by atoms with Crippen LogP contribution in [0.2, 0.25) is 0 Å². The Morgan fingerprint density at radius 1 is 1.04 bits per heavy atom. The lowest BCUT2D eigenvalue weighted by molar-refractivity contribution is 0.233. The molecule has 0 saturated heterocycles. The van der Waals surface area contributed by atoms with Crippen molar-refractivity contribution in [1.29, 1.82) is 0 Å². The summed E-state index contributed by atoms with van der Waals surface area (Å²) in [5.74, 6) is 0.555. The number of fused-ring (bicyclic) bond motifs is 1. The van der Waals surface area contributed by atoms with Crippen LogP contribution in [0.5, 0.6) is 0 Å². The van der Waals surface area contributed by atoms with Gasteiger partial charge in [0.25, 0.3) is 10.0 Å². The van der Waals surface area contributed by atoms with Gasteiger partial charge in [-0.2, -0.15) is 0 Å². The lowest BCUT2D eigenvalue weighted by Crippen LogP contribution is -2.43. The van der Waals surface area contributed by atoms with Gasteiger partial charge in [-0.3, -0.25) is 0 Å². The number of amides is 2. The van der Waals surface area contributed by atoms with E-state index in [1.54, 1.807) is 12.1 Å². The largest absolute Gasteiger partial charge is 0.336 e. The molecule has 2 aromatic carbocycles. The van der Waals surface area contributed by atoms with Crippen molar-refractivity contribution in [2.75, 3.05) is 5.32 Å². The number of aryl methyl sites for hydroxylation is 1. The molecular weight excluding hydrogens is 336 g/mol. The summed E-state index contributed by atoms with van der Waals surface area (Å²) < 4.78 is 26.5. The first-order chi connectivity index (χ1) is 11.8. The van der Waals surface area contributed by atoms with Crippen LogP contribution in [0.4, 0.5) is 10.5 Å². The van der Waals surface area contributed by atoms with E-state index >= 15 is 0 Å². The molecule has 1 aliphatic heterocycles. The van der Waals surface area contributed by atoms with Gasteiger partial charge in [-0.05, 0) is 48.1 Å². The lowest BCUT2D eigenvalue weighted by atomic mass is 10.0. The molecule has 6 heteroatoms. The number of rotatable bonds is 4. The van der Waals surface area contributed by atoms with Crippen LogP contribution in [0.15, 0.2) is 47.4 Å². The van der Waals surface area contributed by atoms with E-state index in [1.165, 1.54) is 11.6 Å². The Kier molecular flexibility index (Phi) is 4.56. The van der Waals surface area contributed by atoms with Gasteiger partial charge < -0.3 is 5.32 Å². The second kappa shape index (κ2) is 6.52. The number of urea groups is 1. The Morgan fingerprint density at radius 2 is 1.68 bits per heavy atom. The number of anilines is 1. The molecule has 1 heterocycles. The van der Waals surface area contributed by atoms with Crippen LogP contribution in [0.25, 0.3) is 0 Å². The van der Waals surface area contributed by atoms with E-state index < -0.39 is 16.1 Å². The number of sulfonamides is 1. The molecule has 0 saturated carbocycles. The maximum atomic E-state index is 12.8. The number of carbonyl (C=O) groups is 1. The molecule has 0 aromatic heterocycles. The van der Waals surface area contributed by atoms with Crippen molar-refractivity contribution in [3.8, 4) is 0 Å². The highest BCUT2D eigenvalue weighted by Gasteiger charge is 2.36. The van der Waals surface area contributed by atoms with Crippen molar-refractivity contribution in [2.24, 2.45) is 5.92 Å². The van der Waals surface area contributed by atoms with Gasteiger partial charge >= 0.3 is 6.03 Å². The van der Waals surface area contributed by atoms with Gasteiger partial charge in [0.2, 0.25) is 0 Å². The third kappa shape index (κ3) is 3.54. The first-order valence-corrected chi connectivity index (χ1v) is 9.73. The molecule has 0 aliphatic carbocycles. The Bertz CT molecular complexity index is 903. The van der Waals surface area contributed by atoms with Crippen molar-refractivity contribution in [3.05, 3.63) is 59.2 Å². The normalized spacial score (nSPS) is 15.8. The smallest absolute Gasteiger partial charge is 0.306 e. The number of nitrogens with zero attached hydrogens (tertiary/aromatic N) is 1. The van der Waals surface area contributed by atoms with Crippen LogP contribution >= 0.6 is 0 Å². The van der Waals surface area contributed by atoms with E-state index in [0.29, 0.717) is 11.6 Å². The summed E-state index contributed by atoms with van der Waals surface area (Å²) in [4.78, 5) is 12.5. The summed E-state index contributed by atoms with van der Waals surface area (Å²) in [5, 5.41) is 2.67. The van der Waals surface area contributed by atoms with Gasteiger partial charge in [-0.1, -0.05) is 44.2 Å². The molecule has 0 radical (unpaired) electrons. The number of hydrogen-bond acceptors (Lipinski definition) is 3. The maximum absolute atomic E-state index is 12.8. The van der Waals surface area contributed by atoms with E-state index in [9.17, 15) is 13.2 Å². The molecule has 3 rings (SSSR count). The summed E-state index contributed by atoms with van der Waals surface area (Å²) in [6.07, 6.45) is 0.968. The second-order valence-corrected chi connectivity index (χ2v) is 8.69. The van der Waals surface area contributed by atoms with Crippen molar-refractivity contribution in [1.82, 2.24) is 4.31 Å². The maximum Gasteiger partial charge on any atom is 0.336 e. The zero-order valence-corrected chi connectivity index (χ0v) is 15.4. The van der Waals surface area contributed by atoms with Crippen LogP contribution in [-0.4, -0.2) is 18.8 Å². The Labute approximate surface area is 148 Å². The minimum Gasteiger partial charge on any atom is -0.306 e. The van der Waals surface area contributed by atoms with E-state index in [-0.39, 0.29) is 11.4 Å². The second-order valence-electron chi connectivity index (χ2n) is 6.86. The predicted octanol–water partition coefficient (Wildman–Crippen LogP) is 3.93. The number of benzene rings is 2. The fourth-order valence-corrected chi connectivity index (χ4v) is 4.39. The topological polar surface area (TPSA) is 66.5 Å². The highest BCUT2D eigenvalue weighted by Crippen LogP contribution is 2.31. The number of carbonyl (C=O) groups excluding carboxylic acids is 1. The summed E-state index contributed by atoms with van der Waals surface area (Å²) in [6.45, 7) is 6.17. The van der Waals surface area contributed by atoms with Crippen molar-refractivity contribution >= 4 is 21.7 Å². The zero-order valence-electron chi connectivity index (χ0n) is 14.6. The first-order valence-electron chi connectivity index (χ1n) is 8.29. The highest BCUT2D eigenvalue weighted by atomic mass is 32.2. The summed E-state index contributed by atoms with van der Waals surface area (Å²) in [6, 6.07) is 12.1. The quantitative estimate of drug-likeness (QED) is 0.900. The third-order valence-corrected chi connectivity index (χ3v) is 5.95. The minimum atomic E-state index is -3.85. The monoisotopic (exact) mass is 358 g/mol. The Balaban J connectivity index is 1.87. The predicted molar refractivity (Wildman–Crippen MR) is 97.9 cm³/mol. The lowest BCUT2D eigenvalue weighted by Gasteiger charge is -2.29. The van der Waals surface area contributed by atoms with Crippen molar-refractivity contribution in [3.63, 3.8) is 0 Å². The average Bonchev–Trinajstić information content (AvgIpc) is 2.52. The first kappa shape index (κ1) is 17.5. The third-order valence-electron chi connectivity index (χ3n) is 4.16. The van der Waals surface area contributed by atoms with Crippen molar-refractivity contribution in [2.45, 2.75) is 38.6 Å². The molecule has 25 heavy (non-hydrogen) atoms. The zero-order chi connectivity index (χ0) is 18.2. The Morgan fingerprint density at radius 3 is 2.32 bits per heavy atom. The molecule has 0 fully saturated rings. The minimum absolute atomic E-state index is 0.0173. The summed E-state index contributed by atoms with van der Waals surface area (Å²) in [5.41, 5.74) is 3.21. The molecule has 0 atom stereocenters. The molecular formula is C19H22N2O3S. The van der Waals surface area contributed by atoms with Gasteiger partial charge in [0, 0.05) is 0 Å². The van der Waals surface area contributed by atoms with Crippen LogP contribution in [0.1, 0.15) is 30.5 Å². The molecule has 0 spiro atoms. The molecule has 2 aromatic rings. The van der Waals surface area contributed by atoms with Gasteiger partial charge in [-0.15, -0.1) is 0 Å². The summed E-state index contributed by atoms with van der Waals surface area (Å²) in [7, 11) is -3.85. The molecule has 132 valence electrons. The summed E-state index contributed by atoms with van der Waals surface area (Å²) >= 11 is 0. The molecule has 1 N–H and O–H groups in total. The van der Waals surface area contributed by atoms with Crippen LogP contribution < -0.4 is 5.32 Å². The van der Waals surface area contributed by atoms with Crippen LogP contribution in [-0.2, 0) is 23.0 Å². The fourth-order valence-electron chi connectivity index (χ4n) is 2.95. The van der Waals surface area contributed by atoms with E-state index in [2.05, 4.69) is 19.2 Å². The van der Waals surface area contributed by atoms with E-state index in [0.717, 1.165) is 21.9 Å². The van der Waals surface area contributed by atoms with Gasteiger partial charge in [0.05, 0.1) is 12.2 Å². The van der Waals surface area contributed by atoms with Gasteiger partial charge in [-0.25, -0.2) is 17.5 Å². The standard InChI is InChI=1S/C19H22N2O3S/c1-13(2)10-15-5-7-16(8-6-15)12-21-19(22)20-17-11-14(3)4-9-18(17)25(21,23)24/h4-9,11,13H,10,12H2,1-3H3,(H,20,22). The van der Waals surface area contributed by atoms with Crippen LogP contribution in [0.3, 0.4) is 0 Å². The average molecular weight is 358 g/mol.